The van der Waals surface area contributed by atoms with Crippen LogP contribution in [0.2, 0.25) is 0 Å². The highest BCUT2D eigenvalue weighted by Crippen LogP contribution is 2.24. The molecule has 0 amide bonds. The van der Waals surface area contributed by atoms with Gasteiger partial charge in [0.25, 0.3) is 0 Å². The molecule has 0 saturated heterocycles. The van der Waals surface area contributed by atoms with Crippen LogP contribution >= 0.6 is 0 Å². The molecule has 1 aliphatic carbocycles. The Kier molecular flexibility index (Phi) is 4.00. The summed E-state index contributed by atoms with van der Waals surface area (Å²) in [5.41, 5.74) is 1.51. The van der Waals surface area contributed by atoms with E-state index in [0.29, 0.717) is 18.2 Å². The largest absolute Gasteiger partial charge is 0.505 e. The SMILES string of the molecule is Cc1cc(F)c(O)c(CNC2CCCCC2)c1. The van der Waals surface area contributed by atoms with Gasteiger partial charge < -0.3 is 10.4 Å². The monoisotopic (exact) mass is 237 g/mol. The standard InChI is InChI=1S/C14H20FNO/c1-10-7-11(14(17)13(15)8-10)9-16-12-5-3-2-4-6-12/h7-8,12,16-17H,2-6,9H2,1H3. The number of aryl methyl sites for hydroxylation is 1. The molecule has 3 heteroatoms. The molecule has 0 aliphatic heterocycles. The number of aromatic hydroxyl groups is 1. The Balaban J connectivity index is 1.98. The van der Waals surface area contributed by atoms with Crippen LogP contribution in [-0.4, -0.2) is 11.1 Å². The van der Waals surface area contributed by atoms with Crippen molar-refractivity contribution in [3.05, 3.63) is 29.1 Å². The first-order valence-electron chi connectivity index (χ1n) is 6.38. The lowest BCUT2D eigenvalue weighted by Gasteiger charge is -2.23. The van der Waals surface area contributed by atoms with Crippen molar-refractivity contribution in [3.8, 4) is 5.75 Å². The molecule has 17 heavy (non-hydrogen) atoms. The van der Waals surface area contributed by atoms with Gasteiger partial charge in [-0.05, 0) is 31.4 Å². The molecule has 2 rings (SSSR count). The molecule has 1 aliphatic rings. The quantitative estimate of drug-likeness (QED) is 0.845. The average Bonchev–Trinajstić information content (AvgIpc) is 2.33. The molecule has 0 heterocycles. The third kappa shape index (κ3) is 3.19. The van der Waals surface area contributed by atoms with Gasteiger partial charge in [-0.2, -0.15) is 0 Å². The maximum Gasteiger partial charge on any atom is 0.165 e. The fourth-order valence-corrected chi connectivity index (χ4v) is 2.50. The third-order valence-electron chi connectivity index (χ3n) is 3.47. The van der Waals surface area contributed by atoms with Gasteiger partial charge in [-0.15, -0.1) is 0 Å². The van der Waals surface area contributed by atoms with Crippen LogP contribution in [0.1, 0.15) is 43.2 Å². The summed E-state index contributed by atoms with van der Waals surface area (Å²) in [4.78, 5) is 0. The molecule has 0 spiro atoms. The van der Waals surface area contributed by atoms with Crippen molar-refractivity contribution in [2.45, 2.75) is 51.6 Å². The predicted octanol–water partition coefficient (Wildman–Crippen LogP) is 3.26. The van der Waals surface area contributed by atoms with E-state index in [9.17, 15) is 9.50 Å². The van der Waals surface area contributed by atoms with Crippen molar-refractivity contribution in [2.75, 3.05) is 0 Å². The zero-order valence-electron chi connectivity index (χ0n) is 10.3. The Morgan fingerprint density at radius 2 is 2.00 bits per heavy atom. The minimum absolute atomic E-state index is 0.209. The van der Waals surface area contributed by atoms with Crippen LogP contribution in [-0.2, 0) is 6.54 Å². The maximum absolute atomic E-state index is 13.3. The van der Waals surface area contributed by atoms with Crippen molar-refractivity contribution in [1.82, 2.24) is 5.32 Å². The van der Waals surface area contributed by atoms with Gasteiger partial charge >= 0.3 is 0 Å². The highest BCUT2D eigenvalue weighted by Gasteiger charge is 2.14. The Hall–Kier alpha value is -1.09. The molecule has 0 radical (unpaired) electrons. The summed E-state index contributed by atoms with van der Waals surface area (Å²) in [7, 11) is 0. The number of hydrogen-bond acceptors (Lipinski definition) is 2. The Morgan fingerprint density at radius 1 is 1.29 bits per heavy atom. The summed E-state index contributed by atoms with van der Waals surface area (Å²) in [5, 5.41) is 13.0. The van der Waals surface area contributed by atoms with Crippen molar-refractivity contribution >= 4 is 0 Å². The summed E-state index contributed by atoms with van der Waals surface area (Å²) in [6.45, 7) is 2.39. The Labute approximate surface area is 102 Å². The normalized spacial score (nSPS) is 17.3. The first-order valence-corrected chi connectivity index (χ1v) is 6.38. The minimum Gasteiger partial charge on any atom is -0.505 e. The first kappa shape index (κ1) is 12.4. The number of benzene rings is 1. The predicted molar refractivity (Wildman–Crippen MR) is 66.5 cm³/mol. The molecular formula is C14H20FNO. The van der Waals surface area contributed by atoms with Gasteiger partial charge in [-0.3, -0.25) is 0 Å². The van der Waals surface area contributed by atoms with E-state index in [2.05, 4.69) is 5.32 Å². The van der Waals surface area contributed by atoms with Gasteiger partial charge in [0, 0.05) is 18.2 Å². The highest BCUT2D eigenvalue weighted by atomic mass is 19.1. The van der Waals surface area contributed by atoms with Gasteiger partial charge in [-0.25, -0.2) is 4.39 Å². The summed E-state index contributed by atoms with van der Waals surface area (Å²) in [5.74, 6) is -0.732. The summed E-state index contributed by atoms with van der Waals surface area (Å²) >= 11 is 0. The van der Waals surface area contributed by atoms with Gasteiger partial charge in [0.15, 0.2) is 11.6 Å². The van der Waals surface area contributed by atoms with Crippen molar-refractivity contribution < 1.29 is 9.50 Å². The number of halogens is 1. The zero-order chi connectivity index (χ0) is 12.3. The molecule has 2 nitrogen and oxygen atoms in total. The zero-order valence-corrected chi connectivity index (χ0v) is 10.3. The number of phenols is 1. The Morgan fingerprint density at radius 3 is 2.71 bits per heavy atom. The second-order valence-electron chi connectivity index (χ2n) is 4.97. The van der Waals surface area contributed by atoms with Crippen LogP contribution in [0.15, 0.2) is 12.1 Å². The number of phenolic OH excluding ortho intramolecular Hbond substituents is 1. The van der Waals surface area contributed by atoms with Gasteiger partial charge in [0.05, 0.1) is 0 Å². The van der Waals surface area contributed by atoms with E-state index in [1.54, 1.807) is 0 Å². The third-order valence-corrected chi connectivity index (χ3v) is 3.47. The second-order valence-corrected chi connectivity index (χ2v) is 4.97. The summed E-state index contributed by atoms with van der Waals surface area (Å²) in [6, 6.07) is 3.72. The van der Waals surface area contributed by atoms with E-state index in [0.717, 1.165) is 5.56 Å². The molecule has 0 unspecified atom stereocenters. The lowest BCUT2D eigenvalue weighted by atomic mass is 9.95. The molecule has 1 saturated carbocycles. The van der Waals surface area contributed by atoms with E-state index >= 15 is 0 Å². The number of rotatable bonds is 3. The van der Waals surface area contributed by atoms with Crippen LogP contribution in [0, 0.1) is 12.7 Å². The number of nitrogens with one attached hydrogen (secondary N) is 1. The van der Waals surface area contributed by atoms with E-state index in [1.807, 2.05) is 13.0 Å². The first-order chi connectivity index (χ1) is 8.16. The van der Waals surface area contributed by atoms with Crippen LogP contribution < -0.4 is 5.32 Å². The van der Waals surface area contributed by atoms with E-state index < -0.39 is 5.82 Å². The lowest BCUT2D eigenvalue weighted by Crippen LogP contribution is -2.30. The molecule has 0 bridgehead atoms. The summed E-state index contributed by atoms with van der Waals surface area (Å²) < 4.78 is 13.3. The van der Waals surface area contributed by atoms with Gasteiger partial charge in [0.1, 0.15) is 0 Å². The molecule has 0 aromatic heterocycles. The molecule has 94 valence electrons. The van der Waals surface area contributed by atoms with Crippen LogP contribution in [0.3, 0.4) is 0 Å². The van der Waals surface area contributed by atoms with E-state index in [-0.39, 0.29) is 5.75 Å². The lowest BCUT2D eigenvalue weighted by molar-refractivity contribution is 0.366. The maximum atomic E-state index is 13.3. The van der Waals surface area contributed by atoms with E-state index in [1.165, 1.54) is 38.2 Å². The van der Waals surface area contributed by atoms with Gasteiger partial charge in [-0.1, -0.05) is 25.3 Å². The fraction of sp³-hybridized carbons (Fsp3) is 0.571. The average molecular weight is 237 g/mol. The number of hydrogen-bond donors (Lipinski definition) is 2. The van der Waals surface area contributed by atoms with Crippen LogP contribution in [0.4, 0.5) is 4.39 Å². The molecule has 1 aromatic rings. The van der Waals surface area contributed by atoms with Crippen molar-refractivity contribution in [2.24, 2.45) is 0 Å². The topological polar surface area (TPSA) is 32.3 Å². The minimum atomic E-state index is -0.523. The van der Waals surface area contributed by atoms with Crippen molar-refractivity contribution in [1.29, 1.82) is 0 Å². The molecular weight excluding hydrogens is 217 g/mol. The smallest absolute Gasteiger partial charge is 0.165 e. The second kappa shape index (κ2) is 5.50. The molecule has 1 fully saturated rings. The van der Waals surface area contributed by atoms with Gasteiger partial charge in [0.2, 0.25) is 0 Å². The fourth-order valence-electron chi connectivity index (χ4n) is 2.50. The molecule has 0 atom stereocenters. The van der Waals surface area contributed by atoms with Crippen LogP contribution in [0.5, 0.6) is 5.75 Å². The molecule has 2 N–H and O–H groups in total. The van der Waals surface area contributed by atoms with Crippen molar-refractivity contribution in [3.63, 3.8) is 0 Å². The van der Waals surface area contributed by atoms with Crippen LogP contribution in [0.25, 0.3) is 0 Å². The highest BCUT2D eigenvalue weighted by molar-refractivity contribution is 5.37. The molecule has 1 aromatic carbocycles. The Bertz CT molecular complexity index is 386. The van der Waals surface area contributed by atoms with E-state index in [4.69, 9.17) is 0 Å². The summed E-state index contributed by atoms with van der Waals surface area (Å²) in [6.07, 6.45) is 6.24.